The van der Waals surface area contributed by atoms with E-state index in [2.05, 4.69) is 9.97 Å². The molecule has 0 saturated carbocycles. The number of hydrogen-bond donors (Lipinski definition) is 3. The van der Waals surface area contributed by atoms with Gasteiger partial charge in [-0.3, -0.25) is 9.59 Å². The van der Waals surface area contributed by atoms with Gasteiger partial charge in [0.25, 0.3) is 0 Å². The third-order valence-corrected chi connectivity index (χ3v) is 1.86. The number of primary amides is 2. The summed E-state index contributed by atoms with van der Waals surface area (Å²) in [5, 5.41) is 0. The maximum atomic E-state index is 10.9. The molecule has 6 N–H and O–H groups in total. The molecule has 0 aliphatic heterocycles. The van der Waals surface area contributed by atoms with Gasteiger partial charge >= 0.3 is 0 Å². The summed E-state index contributed by atoms with van der Waals surface area (Å²) in [5.41, 5.74) is 15.7. The molecule has 2 amide bonds. The summed E-state index contributed by atoms with van der Waals surface area (Å²) in [7, 11) is 0. The van der Waals surface area contributed by atoms with E-state index in [9.17, 15) is 9.59 Å². The highest BCUT2D eigenvalue weighted by atomic mass is 16.2. The molecule has 1 aromatic heterocycles. The Labute approximate surface area is 97.8 Å². The van der Waals surface area contributed by atoms with Gasteiger partial charge in [0.15, 0.2) is 0 Å². The minimum atomic E-state index is -0.596. The van der Waals surface area contributed by atoms with Crippen molar-refractivity contribution in [1.29, 1.82) is 0 Å². The van der Waals surface area contributed by atoms with E-state index < -0.39 is 11.8 Å². The van der Waals surface area contributed by atoms with Crippen LogP contribution in [0.25, 0.3) is 0 Å². The van der Waals surface area contributed by atoms with Crippen LogP contribution in [0.2, 0.25) is 0 Å². The highest BCUT2D eigenvalue weighted by Gasteiger charge is 2.14. The van der Waals surface area contributed by atoms with Crippen LogP contribution in [-0.4, -0.2) is 34.9 Å². The summed E-state index contributed by atoms with van der Waals surface area (Å²) in [6, 6.07) is 1.44. The molecule has 92 valence electrons. The van der Waals surface area contributed by atoms with Crippen LogP contribution in [0.3, 0.4) is 0 Å². The molecule has 0 aliphatic rings. The fraction of sp³-hybridized carbons (Fsp3) is 0.333. The highest BCUT2D eigenvalue weighted by Crippen LogP contribution is 2.13. The number of hydrogen-bond acceptors (Lipinski definition) is 6. The van der Waals surface area contributed by atoms with E-state index in [0.717, 1.165) is 0 Å². The monoisotopic (exact) mass is 238 g/mol. The number of aromatic nitrogens is 2. The zero-order chi connectivity index (χ0) is 13.0. The second kappa shape index (κ2) is 5.10. The summed E-state index contributed by atoms with van der Waals surface area (Å²) in [5.74, 6) is -0.180. The molecule has 1 heterocycles. The SMILES string of the molecule is Cc1nc(N)cc(N(CC(N)=O)CC(N)=O)n1. The third kappa shape index (κ3) is 3.93. The molecule has 1 aromatic rings. The minimum Gasteiger partial charge on any atom is -0.384 e. The van der Waals surface area contributed by atoms with Crippen LogP contribution in [0.5, 0.6) is 0 Å². The lowest BCUT2D eigenvalue weighted by Crippen LogP contribution is -2.40. The summed E-state index contributed by atoms with van der Waals surface area (Å²) in [6.45, 7) is 1.31. The second-order valence-corrected chi connectivity index (χ2v) is 3.49. The maximum Gasteiger partial charge on any atom is 0.237 e. The molecule has 8 nitrogen and oxygen atoms in total. The fourth-order valence-corrected chi connectivity index (χ4v) is 1.33. The number of aryl methyl sites for hydroxylation is 1. The van der Waals surface area contributed by atoms with E-state index in [4.69, 9.17) is 17.2 Å². The predicted molar refractivity (Wildman–Crippen MR) is 61.8 cm³/mol. The van der Waals surface area contributed by atoms with E-state index in [0.29, 0.717) is 11.6 Å². The second-order valence-electron chi connectivity index (χ2n) is 3.49. The summed E-state index contributed by atoms with van der Waals surface area (Å²) >= 11 is 0. The molecule has 0 unspecified atom stereocenters. The van der Waals surface area contributed by atoms with E-state index in [-0.39, 0.29) is 18.9 Å². The van der Waals surface area contributed by atoms with Crippen molar-refractivity contribution in [2.24, 2.45) is 11.5 Å². The van der Waals surface area contributed by atoms with Crippen molar-refractivity contribution in [3.63, 3.8) is 0 Å². The Hall–Kier alpha value is -2.38. The Bertz CT molecular complexity index is 411. The Morgan fingerprint density at radius 1 is 1.24 bits per heavy atom. The average molecular weight is 238 g/mol. The number of rotatable bonds is 5. The topological polar surface area (TPSA) is 141 Å². The zero-order valence-corrected chi connectivity index (χ0v) is 9.38. The number of nitrogens with zero attached hydrogens (tertiary/aromatic N) is 3. The first-order valence-electron chi connectivity index (χ1n) is 4.81. The number of carbonyl (C=O) groups is 2. The van der Waals surface area contributed by atoms with Crippen LogP contribution in [0.4, 0.5) is 11.6 Å². The standard InChI is InChI=1S/C9H14N6O2/c1-5-13-6(10)2-9(14-5)15(3-7(11)16)4-8(12)17/h2H,3-4H2,1H3,(H2,11,16)(H2,12,17)(H2,10,13,14). The molecule has 1 rings (SSSR count). The van der Waals surface area contributed by atoms with Gasteiger partial charge < -0.3 is 22.1 Å². The molecule has 0 atom stereocenters. The minimum absolute atomic E-state index is 0.168. The Kier molecular flexibility index (Phi) is 3.81. The van der Waals surface area contributed by atoms with Gasteiger partial charge in [0.05, 0.1) is 13.1 Å². The van der Waals surface area contributed by atoms with Gasteiger partial charge in [-0.1, -0.05) is 0 Å². The number of nitrogens with two attached hydrogens (primary N) is 3. The molecule has 8 heteroatoms. The number of carbonyl (C=O) groups excluding carboxylic acids is 2. The van der Waals surface area contributed by atoms with Crippen LogP contribution >= 0.6 is 0 Å². The van der Waals surface area contributed by atoms with Crippen molar-refractivity contribution in [1.82, 2.24) is 9.97 Å². The van der Waals surface area contributed by atoms with Crippen LogP contribution in [0.1, 0.15) is 5.82 Å². The van der Waals surface area contributed by atoms with Crippen molar-refractivity contribution in [3.8, 4) is 0 Å². The highest BCUT2D eigenvalue weighted by molar-refractivity contribution is 5.84. The van der Waals surface area contributed by atoms with Crippen molar-refractivity contribution < 1.29 is 9.59 Å². The third-order valence-electron chi connectivity index (χ3n) is 1.86. The van der Waals surface area contributed by atoms with E-state index in [1.807, 2.05) is 0 Å². The predicted octanol–water partition coefficient (Wildman–Crippen LogP) is -1.86. The van der Waals surface area contributed by atoms with E-state index >= 15 is 0 Å². The average Bonchev–Trinajstić information content (AvgIpc) is 2.13. The zero-order valence-electron chi connectivity index (χ0n) is 9.38. The van der Waals surface area contributed by atoms with Gasteiger partial charge in [0.1, 0.15) is 17.5 Å². The molecule has 0 saturated heterocycles. The summed E-state index contributed by atoms with van der Waals surface area (Å²) in [6.07, 6.45) is 0. The first-order chi connectivity index (χ1) is 7.88. The molecule has 0 aromatic carbocycles. The molecule has 17 heavy (non-hydrogen) atoms. The van der Waals surface area contributed by atoms with Crippen molar-refractivity contribution in [3.05, 3.63) is 11.9 Å². The van der Waals surface area contributed by atoms with Crippen LogP contribution in [-0.2, 0) is 9.59 Å². The Balaban J connectivity index is 3.02. The summed E-state index contributed by atoms with van der Waals surface area (Å²) in [4.78, 5) is 31.1. The fourth-order valence-electron chi connectivity index (χ4n) is 1.33. The molecule has 0 bridgehead atoms. The normalized spacial score (nSPS) is 9.94. The van der Waals surface area contributed by atoms with Gasteiger partial charge in [0.2, 0.25) is 11.8 Å². The molecular weight excluding hydrogens is 224 g/mol. The van der Waals surface area contributed by atoms with Crippen LogP contribution in [0, 0.1) is 6.92 Å². The smallest absolute Gasteiger partial charge is 0.237 e. The van der Waals surface area contributed by atoms with Crippen molar-refractivity contribution in [2.75, 3.05) is 23.7 Å². The molecule has 0 aliphatic carbocycles. The van der Waals surface area contributed by atoms with Crippen molar-refractivity contribution >= 4 is 23.5 Å². The van der Waals surface area contributed by atoms with Gasteiger partial charge in [-0.2, -0.15) is 0 Å². The van der Waals surface area contributed by atoms with Gasteiger partial charge in [-0.25, -0.2) is 9.97 Å². The van der Waals surface area contributed by atoms with Crippen molar-refractivity contribution in [2.45, 2.75) is 6.92 Å². The van der Waals surface area contributed by atoms with Crippen LogP contribution < -0.4 is 22.1 Å². The van der Waals surface area contributed by atoms with Gasteiger partial charge in [-0.05, 0) is 6.92 Å². The van der Waals surface area contributed by atoms with Gasteiger partial charge in [0, 0.05) is 6.07 Å². The lowest BCUT2D eigenvalue weighted by molar-refractivity contribution is -0.117. The number of anilines is 2. The Morgan fingerprint density at radius 2 is 1.76 bits per heavy atom. The van der Waals surface area contributed by atoms with Gasteiger partial charge in [-0.15, -0.1) is 0 Å². The van der Waals surface area contributed by atoms with Crippen LogP contribution in [0.15, 0.2) is 6.07 Å². The lowest BCUT2D eigenvalue weighted by Gasteiger charge is -2.20. The summed E-state index contributed by atoms with van der Waals surface area (Å²) < 4.78 is 0. The molecule has 0 spiro atoms. The number of nitrogen functional groups attached to an aromatic ring is 1. The Morgan fingerprint density at radius 3 is 2.18 bits per heavy atom. The molecule has 0 radical (unpaired) electrons. The molecule has 0 fully saturated rings. The maximum absolute atomic E-state index is 10.9. The first-order valence-corrected chi connectivity index (χ1v) is 4.81. The largest absolute Gasteiger partial charge is 0.384 e. The van der Waals surface area contributed by atoms with E-state index in [1.165, 1.54) is 11.0 Å². The van der Waals surface area contributed by atoms with E-state index in [1.54, 1.807) is 6.92 Å². The first kappa shape index (κ1) is 12.7. The molecular formula is C9H14N6O2. The quantitative estimate of drug-likeness (QED) is 0.549. The lowest BCUT2D eigenvalue weighted by atomic mass is 10.4. The number of amides is 2.